The highest BCUT2D eigenvalue weighted by atomic mass is 16.5. The fourth-order valence-corrected chi connectivity index (χ4v) is 3.70. The van der Waals surface area contributed by atoms with Gasteiger partial charge in [-0.3, -0.25) is 28.8 Å². The fourth-order valence-electron chi connectivity index (χ4n) is 3.70. The molecule has 12 nitrogen and oxygen atoms in total. The lowest BCUT2D eigenvalue weighted by Crippen LogP contribution is -2.51. The van der Waals surface area contributed by atoms with Gasteiger partial charge in [0.25, 0.3) is 5.91 Å². The molecule has 0 saturated carbocycles. The van der Waals surface area contributed by atoms with Gasteiger partial charge in [0, 0.05) is 13.1 Å². The maximum absolute atomic E-state index is 13.3. The van der Waals surface area contributed by atoms with Gasteiger partial charge >= 0.3 is 5.97 Å². The minimum atomic E-state index is -1.17. The first kappa shape index (κ1) is 31.3. The number of amides is 5. The van der Waals surface area contributed by atoms with Crippen molar-refractivity contribution >= 4 is 35.5 Å². The lowest BCUT2D eigenvalue weighted by molar-refractivity contribution is -0.156. The van der Waals surface area contributed by atoms with Crippen LogP contribution in [-0.2, 0) is 40.0 Å². The zero-order chi connectivity index (χ0) is 28.9. The zero-order valence-electron chi connectivity index (χ0n) is 23.0. The van der Waals surface area contributed by atoms with Crippen LogP contribution in [0.2, 0.25) is 0 Å². The number of carbonyl (C=O) groups is 6. The molecule has 1 aromatic rings. The molecule has 1 aromatic carbocycles. The van der Waals surface area contributed by atoms with Gasteiger partial charge in [-0.1, -0.05) is 58.0 Å². The van der Waals surface area contributed by atoms with Gasteiger partial charge in [-0.15, -0.1) is 0 Å². The van der Waals surface area contributed by atoms with E-state index in [1.807, 2.05) is 33.8 Å². The SMILES string of the molecule is CC(C)CNC(=O)CN1CC(=O)N(Cc2ccccc2)CC(=O)NCC(=O)OC(CC(C)C)C(=O)NCC1=O. The Bertz CT molecular complexity index is 1030. The lowest BCUT2D eigenvalue weighted by Gasteiger charge is -2.27. The van der Waals surface area contributed by atoms with Crippen LogP contribution in [0.15, 0.2) is 30.3 Å². The van der Waals surface area contributed by atoms with Crippen molar-refractivity contribution in [3.63, 3.8) is 0 Å². The average Bonchev–Trinajstić information content (AvgIpc) is 2.88. The fraction of sp³-hybridized carbons (Fsp3) is 0.556. The van der Waals surface area contributed by atoms with Gasteiger partial charge in [0.05, 0.1) is 13.1 Å². The number of nitrogens with one attached hydrogen (secondary N) is 3. The zero-order valence-corrected chi connectivity index (χ0v) is 23.0. The molecule has 1 aliphatic heterocycles. The number of esters is 1. The third-order valence-corrected chi connectivity index (χ3v) is 5.72. The van der Waals surface area contributed by atoms with E-state index in [1.54, 1.807) is 24.3 Å². The molecule has 0 bridgehead atoms. The molecule has 5 amide bonds. The summed E-state index contributed by atoms with van der Waals surface area (Å²) in [5, 5.41) is 7.59. The molecule has 2 rings (SSSR count). The third-order valence-electron chi connectivity index (χ3n) is 5.72. The normalized spacial score (nSPS) is 18.3. The highest BCUT2D eigenvalue weighted by Gasteiger charge is 2.29. The Balaban J connectivity index is 2.33. The highest BCUT2D eigenvalue weighted by Crippen LogP contribution is 2.10. The molecule has 1 saturated heterocycles. The van der Waals surface area contributed by atoms with Crippen LogP contribution in [0.1, 0.15) is 39.7 Å². The number of nitrogens with zero attached hydrogens (tertiary/aromatic N) is 2. The first-order valence-electron chi connectivity index (χ1n) is 13.0. The van der Waals surface area contributed by atoms with E-state index in [-0.39, 0.29) is 24.8 Å². The van der Waals surface area contributed by atoms with Gasteiger partial charge in [-0.05, 0) is 23.8 Å². The first-order chi connectivity index (χ1) is 18.4. The average molecular weight is 546 g/mol. The number of benzene rings is 1. The molecule has 1 atom stereocenters. The molecule has 1 fully saturated rings. The van der Waals surface area contributed by atoms with E-state index >= 15 is 0 Å². The Morgan fingerprint density at radius 2 is 1.62 bits per heavy atom. The van der Waals surface area contributed by atoms with Crippen molar-refractivity contribution in [3.8, 4) is 0 Å². The molecule has 0 aliphatic carbocycles. The maximum atomic E-state index is 13.3. The standard InChI is InChI=1S/C27H39N5O7/c1-18(2)10-21-27(38)30-12-24(35)32(16-22(33)28-11-19(3)4)17-25(36)31(14-20-8-6-5-7-9-20)15-23(34)29-13-26(37)39-21/h5-9,18-19,21H,10-17H2,1-4H3,(H,28,33)(H,29,34)(H,30,38). The predicted octanol–water partition coefficient (Wildman–Crippen LogP) is -0.180. The van der Waals surface area contributed by atoms with E-state index in [0.29, 0.717) is 6.54 Å². The van der Waals surface area contributed by atoms with Crippen molar-refractivity contribution in [1.29, 1.82) is 0 Å². The number of cyclic esters (lactones) is 1. The maximum Gasteiger partial charge on any atom is 0.326 e. The molecule has 0 spiro atoms. The molecule has 1 heterocycles. The number of ether oxygens (including phenoxy) is 1. The van der Waals surface area contributed by atoms with Crippen LogP contribution in [-0.4, -0.2) is 90.7 Å². The monoisotopic (exact) mass is 545 g/mol. The van der Waals surface area contributed by atoms with Gasteiger partial charge in [0.15, 0.2) is 6.10 Å². The molecule has 1 unspecified atom stereocenters. The Morgan fingerprint density at radius 1 is 0.923 bits per heavy atom. The van der Waals surface area contributed by atoms with E-state index in [9.17, 15) is 28.8 Å². The molecule has 214 valence electrons. The predicted molar refractivity (Wildman–Crippen MR) is 142 cm³/mol. The first-order valence-corrected chi connectivity index (χ1v) is 13.0. The van der Waals surface area contributed by atoms with Crippen LogP contribution in [0.4, 0.5) is 0 Å². The molecule has 1 aliphatic rings. The number of hydrogen-bond donors (Lipinski definition) is 3. The van der Waals surface area contributed by atoms with E-state index < -0.39 is 74.3 Å². The summed E-state index contributed by atoms with van der Waals surface area (Å²) in [6.45, 7) is 5.67. The topological polar surface area (TPSA) is 154 Å². The van der Waals surface area contributed by atoms with Gasteiger partial charge in [-0.25, -0.2) is 0 Å². The molecule has 0 radical (unpaired) electrons. The van der Waals surface area contributed by atoms with Crippen LogP contribution >= 0.6 is 0 Å². The Kier molecular flexibility index (Phi) is 12.4. The summed E-state index contributed by atoms with van der Waals surface area (Å²) in [4.78, 5) is 79.1. The number of rotatable bonds is 8. The second kappa shape index (κ2) is 15.5. The van der Waals surface area contributed by atoms with Crippen LogP contribution in [0, 0.1) is 11.8 Å². The van der Waals surface area contributed by atoms with Crippen molar-refractivity contribution in [3.05, 3.63) is 35.9 Å². The summed E-state index contributed by atoms with van der Waals surface area (Å²) in [6, 6.07) is 8.95. The Morgan fingerprint density at radius 3 is 2.26 bits per heavy atom. The summed E-state index contributed by atoms with van der Waals surface area (Å²) in [5.74, 6) is -3.69. The van der Waals surface area contributed by atoms with Crippen molar-refractivity contribution in [2.45, 2.75) is 46.8 Å². The van der Waals surface area contributed by atoms with Crippen molar-refractivity contribution < 1.29 is 33.5 Å². The second-order valence-corrected chi connectivity index (χ2v) is 10.3. The Labute approximate surface area is 228 Å². The summed E-state index contributed by atoms with van der Waals surface area (Å²) in [6.07, 6.45) is -0.976. The molecule has 3 N–H and O–H groups in total. The summed E-state index contributed by atoms with van der Waals surface area (Å²) < 4.78 is 5.29. The third kappa shape index (κ3) is 11.5. The van der Waals surface area contributed by atoms with E-state index in [2.05, 4.69) is 16.0 Å². The van der Waals surface area contributed by atoms with Crippen molar-refractivity contribution in [2.24, 2.45) is 11.8 Å². The van der Waals surface area contributed by atoms with Crippen molar-refractivity contribution in [1.82, 2.24) is 25.8 Å². The van der Waals surface area contributed by atoms with E-state index in [1.165, 1.54) is 4.90 Å². The lowest BCUT2D eigenvalue weighted by atomic mass is 10.1. The largest absolute Gasteiger partial charge is 0.451 e. The van der Waals surface area contributed by atoms with Gasteiger partial charge < -0.3 is 30.5 Å². The summed E-state index contributed by atoms with van der Waals surface area (Å²) >= 11 is 0. The van der Waals surface area contributed by atoms with Gasteiger partial charge in [-0.2, -0.15) is 0 Å². The highest BCUT2D eigenvalue weighted by molar-refractivity contribution is 5.94. The van der Waals surface area contributed by atoms with Gasteiger partial charge in [0.1, 0.15) is 19.6 Å². The second-order valence-electron chi connectivity index (χ2n) is 10.3. The van der Waals surface area contributed by atoms with Crippen LogP contribution in [0.25, 0.3) is 0 Å². The minimum Gasteiger partial charge on any atom is -0.451 e. The molecule has 0 aromatic heterocycles. The molecule has 39 heavy (non-hydrogen) atoms. The van der Waals surface area contributed by atoms with Crippen LogP contribution < -0.4 is 16.0 Å². The molecular formula is C27H39N5O7. The summed E-state index contributed by atoms with van der Waals surface area (Å²) in [7, 11) is 0. The van der Waals surface area contributed by atoms with Crippen LogP contribution in [0.5, 0.6) is 0 Å². The molecular weight excluding hydrogens is 506 g/mol. The van der Waals surface area contributed by atoms with Gasteiger partial charge in [0.2, 0.25) is 23.6 Å². The van der Waals surface area contributed by atoms with E-state index in [4.69, 9.17) is 4.74 Å². The van der Waals surface area contributed by atoms with Crippen molar-refractivity contribution in [2.75, 3.05) is 39.3 Å². The number of carbonyl (C=O) groups excluding carboxylic acids is 6. The quantitative estimate of drug-likeness (QED) is 0.383. The smallest absolute Gasteiger partial charge is 0.326 e. The number of hydrogen-bond acceptors (Lipinski definition) is 7. The Hall–Kier alpha value is -3.96. The minimum absolute atomic E-state index is 0.00811. The van der Waals surface area contributed by atoms with E-state index in [0.717, 1.165) is 10.5 Å². The molecule has 12 heteroatoms. The van der Waals surface area contributed by atoms with Crippen LogP contribution in [0.3, 0.4) is 0 Å². The summed E-state index contributed by atoms with van der Waals surface area (Å²) in [5.41, 5.74) is 0.743.